The Morgan fingerprint density at radius 2 is 2.00 bits per heavy atom. The van der Waals surface area contributed by atoms with Crippen molar-refractivity contribution >= 4 is 0 Å². The zero-order valence-corrected chi connectivity index (χ0v) is 7.72. The van der Waals surface area contributed by atoms with Crippen molar-refractivity contribution in [2.24, 2.45) is 5.92 Å². The van der Waals surface area contributed by atoms with Gasteiger partial charge >= 0.3 is 0 Å². The van der Waals surface area contributed by atoms with Crippen LogP contribution >= 0.6 is 0 Å². The lowest BCUT2D eigenvalue weighted by Gasteiger charge is -2.31. The van der Waals surface area contributed by atoms with Crippen molar-refractivity contribution in [3.63, 3.8) is 0 Å². The van der Waals surface area contributed by atoms with Crippen molar-refractivity contribution < 1.29 is 4.74 Å². The van der Waals surface area contributed by atoms with E-state index in [1.165, 1.54) is 44.1 Å². The first kappa shape index (κ1) is 8.31. The van der Waals surface area contributed by atoms with Crippen LogP contribution in [0.15, 0.2) is 12.2 Å². The molecule has 2 aliphatic rings. The molecule has 0 radical (unpaired) electrons. The first-order chi connectivity index (χ1) is 5.86. The second kappa shape index (κ2) is 3.61. The Balaban J connectivity index is 1.99. The Bertz CT molecular complexity index is 174. The Morgan fingerprint density at radius 3 is 2.92 bits per heavy atom. The van der Waals surface area contributed by atoms with Crippen LogP contribution in [0.25, 0.3) is 0 Å². The molecule has 0 aromatic carbocycles. The lowest BCUT2D eigenvalue weighted by molar-refractivity contribution is -0.00338. The van der Waals surface area contributed by atoms with Gasteiger partial charge in [-0.05, 0) is 25.2 Å². The number of ether oxygens (including phenoxy) is 1. The van der Waals surface area contributed by atoms with Crippen LogP contribution in [0.2, 0.25) is 0 Å². The van der Waals surface area contributed by atoms with Gasteiger partial charge in [-0.2, -0.15) is 0 Å². The van der Waals surface area contributed by atoms with Crippen LogP contribution in [0.5, 0.6) is 0 Å². The van der Waals surface area contributed by atoms with Gasteiger partial charge in [0.25, 0.3) is 0 Å². The van der Waals surface area contributed by atoms with Crippen LogP contribution in [0, 0.1) is 5.92 Å². The molecule has 1 heteroatoms. The van der Waals surface area contributed by atoms with Crippen molar-refractivity contribution in [2.75, 3.05) is 6.61 Å². The monoisotopic (exact) mass is 166 g/mol. The molecule has 0 bridgehead atoms. The summed E-state index contributed by atoms with van der Waals surface area (Å²) in [6, 6.07) is 0. The van der Waals surface area contributed by atoms with E-state index in [4.69, 9.17) is 4.74 Å². The van der Waals surface area contributed by atoms with Crippen molar-refractivity contribution in [3.8, 4) is 0 Å². The molecule has 2 fully saturated rings. The Kier molecular flexibility index (Phi) is 2.50. The maximum absolute atomic E-state index is 5.77. The predicted octanol–water partition coefficient (Wildman–Crippen LogP) is 2.91. The molecule has 0 N–H and O–H groups in total. The normalized spacial score (nSPS) is 37.2. The fourth-order valence-electron chi connectivity index (χ4n) is 2.46. The quantitative estimate of drug-likeness (QED) is 0.503. The number of fused-ring (bicyclic) bond motifs is 1. The molecule has 1 saturated carbocycles. The molecule has 0 aromatic rings. The first-order valence-corrected chi connectivity index (χ1v) is 5.14. The van der Waals surface area contributed by atoms with Crippen LogP contribution in [0.4, 0.5) is 0 Å². The third-order valence-electron chi connectivity index (χ3n) is 3.14. The molecule has 1 aliphatic heterocycles. The fraction of sp³-hybridized carbons (Fsp3) is 0.818. The van der Waals surface area contributed by atoms with Gasteiger partial charge in [0, 0.05) is 0 Å². The van der Waals surface area contributed by atoms with Crippen LogP contribution in [-0.2, 0) is 4.74 Å². The van der Waals surface area contributed by atoms with E-state index in [-0.39, 0.29) is 0 Å². The highest BCUT2D eigenvalue weighted by molar-refractivity contribution is 5.01. The summed E-state index contributed by atoms with van der Waals surface area (Å²) >= 11 is 0. The first-order valence-electron chi connectivity index (χ1n) is 5.14. The molecule has 2 unspecified atom stereocenters. The lowest BCUT2D eigenvalue weighted by Crippen LogP contribution is -2.29. The number of hydrogen-bond donors (Lipinski definition) is 0. The van der Waals surface area contributed by atoms with Crippen molar-refractivity contribution in [1.29, 1.82) is 0 Å². The highest BCUT2D eigenvalue weighted by atomic mass is 16.5. The van der Waals surface area contributed by atoms with Crippen LogP contribution in [0.1, 0.15) is 38.5 Å². The van der Waals surface area contributed by atoms with Crippen molar-refractivity contribution in [3.05, 3.63) is 12.2 Å². The summed E-state index contributed by atoms with van der Waals surface area (Å²) in [6.45, 7) is 4.83. The summed E-state index contributed by atoms with van der Waals surface area (Å²) in [5.41, 5.74) is 1.30. The minimum absolute atomic E-state index is 0.568. The van der Waals surface area contributed by atoms with Gasteiger partial charge in [0.1, 0.15) is 0 Å². The van der Waals surface area contributed by atoms with Gasteiger partial charge < -0.3 is 4.74 Å². The standard InChI is InChI=1S/C11H18O/c1-9-7-10-5-3-2-4-6-11(10)12-8-9/h10-11H,1-8H2. The highest BCUT2D eigenvalue weighted by Crippen LogP contribution is 2.33. The molecule has 0 spiro atoms. The van der Waals surface area contributed by atoms with E-state index < -0.39 is 0 Å². The van der Waals surface area contributed by atoms with Crippen molar-refractivity contribution in [2.45, 2.75) is 44.6 Å². The summed E-state index contributed by atoms with van der Waals surface area (Å²) in [4.78, 5) is 0. The zero-order chi connectivity index (χ0) is 8.39. The Hall–Kier alpha value is -0.300. The molecule has 0 amide bonds. The third kappa shape index (κ3) is 1.71. The van der Waals surface area contributed by atoms with Gasteiger partial charge in [0.05, 0.1) is 12.7 Å². The minimum Gasteiger partial charge on any atom is -0.374 e. The van der Waals surface area contributed by atoms with Crippen molar-refractivity contribution in [1.82, 2.24) is 0 Å². The zero-order valence-electron chi connectivity index (χ0n) is 7.72. The van der Waals surface area contributed by atoms with E-state index in [9.17, 15) is 0 Å². The minimum atomic E-state index is 0.568. The smallest absolute Gasteiger partial charge is 0.0678 e. The Labute approximate surface area is 74.8 Å². The number of rotatable bonds is 0. The van der Waals surface area contributed by atoms with Gasteiger partial charge in [-0.1, -0.05) is 31.4 Å². The lowest BCUT2D eigenvalue weighted by atomic mass is 9.88. The van der Waals surface area contributed by atoms with Gasteiger partial charge in [-0.15, -0.1) is 0 Å². The maximum atomic E-state index is 5.77. The van der Waals surface area contributed by atoms with Gasteiger partial charge in [0.15, 0.2) is 0 Å². The molecule has 68 valence electrons. The fourth-order valence-corrected chi connectivity index (χ4v) is 2.46. The van der Waals surface area contributed by atoms with E-state index >= 15 is 0 Å². The molecule has 2 rings (SSSR count). The van der Waals surface area contributed by atoms with Gasteiger partial charge in [-0.25, -0.2) is 0 Å². The summed E-state index contributed by atoms with van der Waals surface area (Å²) in [6.07, 6.45) is 8.62. The SMILES string of the molecule is C=C1COC2CCCCCC2C1. The number of hydrogen-bond acceptors (Lipinski definition) is 1. The van der Waals surface area contributed by atoms with Gasteiger partial charge in [0.2, 0.25) is 0 Å². The summed E-state index contributed by atoms with van der Waals surface area (Å²) in [7, 11) is 0. The Morgan fingerprint density at radius 1 is 1.17 bits per heavy atom. The molecule has 0 aromatic heterocycles. The largest absolute Gasteiger partial charge is 0.374 e. The predicted molar refractivity (Wildman–Crippen MR) is 50.1 cm³/mol. The van der Waals surface area contributed by atoms with E-state index in [1.807, 2.05) is 0 Å². The van der Waals surface area contributed by atoms with E-state index in [1.54, 1.807) is 0 Å². The molecule has 1 saturated heterocycles. The summed E-state index contributed by atoms with van der Waals surface area (Å²) in [5.74, 6) is 0.800. The highest BCUT2D eigenvalue weighted by Gasteiger charge is 2.28. The van der Waals surface area contributed by atoms with E-state index in [0.29, 0.717) is 6.10 Å². The second-order valence-corrected chi connectivity index (χ2v) is 4.20. The molecule has 12 heavy (non-hydrogen) atoms. The van der Waals surface area contributed by atoms with Gasteiger partial charge in [-0.3, -0.25) is 0 Å². The van der Waals surface area contributed by atoms with E-state index in [0.717, 1.165) is 12.5 Å². The molecule has 1 nitrogen and oxygen atoms in total. The average Bonchev–Trinajstić information content (AvgIpc) is 2.28. The molecule has 2 atom stereocenters. The summed E-state index contributed by atoms with van der Waals surface area (Å²) in [5, 5.41) is 0. The summed E-state index contributed by atoms with van der Waals surface area (Å²) < 4.78 is 5.77. The van der Waals surface area contributed by atoms with Crippen LogP contribution in [0.3, 0.4) is 0 Å². The topological polar surface area (TPSA) is 9.23 Å². The van der Waals surface area contributed by atoms with Crippen LogP contribution in [-0.4, -0.2) is 12.7 Å². The van der Waals surface area contributed by atoms with E-state index in [2.05, 4.69) is 6.58 Å². The van der Waals surface area contributed by atoms with Crippen LogP contribution < -0.4 is 0 Å². The average molecular weight is 166 g/mol. The molecule has 1 heterocycles. The molecule has 1 aliphatic carbocycles. The maximum Gasteiger partial charge on any atom is 0.0678 e. The second-order valence-electron chi connectivity index (χ2n) is 4.20. The molecular formula is C11H18O. The third-order valence-corrected chi connectivity index (χ3v) is 3.14. The molecular weight excluding hydrogens is 148 g/mol.